The highest BCUT2D eigenvalue weighted by atomic mass is 14.0. The van der Waals surface area contributed by atoms with Gasteiger partial charge in [-0.3, -0.25) is 0 Å². The minimum Gasteiger partial charge on any atom is -0.103 e. The van der Waals surface area contributed by atoms with Gasteiger partial charge >= 0.3 is 0 Å². The Bertz CT molecular complexity index is 308. The molecule has 0 aromatic carbocycles. The van der Waals surface area contributed by atoms with Crippen molar-refractivity contribution in [3.63, 3.8) is 0 Å². The van der Waals surface area contributed by atoms with Gasteiger partial charge in [-0.25, -0.2) is 0 Å². The van der Waals surface area contributed by atoms with Crippen molar-refractivity contribution in [3.8, 4) is 0 Å². The van der Waals surface area contributed by atoms with E-state index in [2.05, 4.69) is 25.3 Å². The van der Waals surface area contributed by atoms with Crippen LogP contribution in [0.25, 0.3) is 0 Å². The molecule has 0 heteroatoms. The molecule has 32 heavy (non-hydrogen) atoms. The average Bonchev–Trinajstić information content (AvgIpc) is 2.81. The van der Waals surface area contributed by atoms with Crippen LogP contribution in [0.5, 0.6) is 0 Å². The van der Waals surface area contributed by atoms with Crippen molar-refractivity contribution in [2.45, 2.75) is 180 Å². The zero-order valence-corrected chi connectivity index (χ0v) is 22.4. The van der Waals surface area contributed by atoms with Gasteiger partial charge in [0.25, 0.3) is 0 Å². The van der Waals surface area contributed by atoms with Gasteiger partial charge in [0.2, 0.25) is 0 Å². The largest absolute Gasteiger partial charge is 0.103 e. The van der Waals surface area contributed by atoms with Crippen molar-refractivity contribution in [2.24, 2.45) is 0 Å². The van der Waals surface area contributed by atoms with Crippen LogP contribution in [0.4, 0.5) is 0 Å². The predicted octanol–water partition coefficient (Wildman–Crippen LogP) is 12.3. The van der Waals surface area contributed by atoms with Crippen LogP contribution in [0, 0.1) is 0 Å². The minimum absolute atomic E-state index is 1.21. The molecule has 0 aromatic heterocycles. The van der Waals surface area contributed by atoms with Gasteiger partial charge in [0.05, 0.1) is 0 Å². The number of hydrogen-bond acceptors (Lipinski definition) is 0. The molecule has 0 aliphatic heterocycles. The van der Waals surface area contributed by atoms with Crippen LogP contribution in [-0.4, -0.2) is 0 Å². The first-order chi connectivity index (χ1) is 15.9. The standard InChI is InChI=1S/C32H62/c1-3-5-7-9-11-13-15-17-19-21-23-25-27-29-31-32-30-28-26-24-22-20-18-16-14-12-10-8-6-4-2/h3-4H,1-2,5-32H2. The second kappa shape index (κ2) is 30.5. The van der Waals surface area contributed by atoms with E-state index in [0.29, 0.717) is 0 Å². The molecular weight excluding hydrogens is 384 g/mol. The molecule has 0 spiro atoms. The molecule has 0 atom stereocenters. The molecule has 0 aliphatic carbocycles. The fraction of sp³-hybridized carbons (Fsp3) is 0.875. The normalized spacial score (nSPS) is 11.1. The first-order valence-electron chi connectivity index (χ1n) is 15.1. The number of allylic oxidation sites excluding steroid dienone is 2. The Morgan fingerprint density at radius 2 is 0.344 bits per heavy atom. The van der Waals surface area contributed by atoms with Crippen LogP contribution < -0.4 is 0 Å². The first kappa shape index (κ1) is 31.5. The number of rotatable bonds is 29. The van der Waals surface area contributed by atoms with Gasteiger partial charge < -0.3 is 0 Å². The van der Waals surface area contributed by atoms with E-state index < -0.39 is 0 Å². The zero-order valence-electron chi connectivity index (χ0n) is 22.4. The fourth-order valence-electron chi connectivity index (χ4n) is 4.82. The molecular formula is C32H62. The van der Waals surface area contributed by atoms with Crippen LogP contribution in [0.15, 0.2) is 25.3 Å². The molecule has 0 nitrogen and oxygen atoms in total. The Kier molecular flexibility index (Phi) is 30.0. The van der Waals surface area contributed by atoms with Gasteiger partial charge in [0.15, 0.2) is 0 Å². The van der Waals surface area contributed by atoms with Crippen molar-refractivity contribution in [3.05, 3.63) is 25.3 Å². The van der Waals surface area contributed by atoms with Crippen LogP contribution in [0.1, 0.15) is 180 Å². The Morgan fingerprint density at radius 3 is 0.469 bits per heavy atom. The molecule has 190 valence electrons. The maximum Gasteiger partial charge on any atom is -0.0353 e. The maximum absolute atomic E-state index is 3.79. The summed E-state index contributed by atoms with van der Waals surface area (Å²) in [5.41, 5.74) is 0. The summed E-state index contributed by atoms with van der Waals surface area (Å²) in [6.45, 7) is 7.59. The smallest absolute Gasteiger partial charge is 0.0353 e. The van der Waals surface area contributed by atoms with E-state index in [-0.39, 0.29) is 0 Å². The molecule has 0 unspecified atom stereocenters. The Hall–Kier alpha value is -0.520. The lowest BCUT2D eigenvalue weighted by Crippen LogP contribution is -1.85. The number of unbranched alkanes of at least 4 members (excludes halogenated alkanes) is 27. The topological polar surface area (TPSA) is 0 Å². The lowest BCUT2D eigenvalue weighted by atomic mass is 10.0. The van der Waals surface area contributed by atoms with E-state index in [9.17, 15) is 0 Å². The lowest BCUT2D eigenvalue weighted by Gasteiger charge is -2.04. The third kappa shape index (κ3) is 29.5. The average molecular weight is 447 g/mol. The van der Waals surface area contributed by atoms with Gasteiger partial charge in [-0.2, -0.15) is 0 Å². The molecule has 0 aliphatic rings. The molecule has 0 heterocycles. The zero-order chi connectivity index (χ0) is 23.2. The molecule has 0 aromatic rings. The molecule has 0 rings (SSSR count). The molecule has 0 N–H and O–H groups in total. The highest BCUT2D eigenvalue weighted by molar-refractivity contribution is 4.66. The molecule has 0 amide bonds. The van der Waals surface area contributed by atoms with E-state index in [0.717, 1.165) is 0 Å². The lowest BCUT2D eigenvalue weighted by molar-refractivity contribution is 0.515. The maximum atomic E-state index is 3.79. The van der Waals surface area contributed by atoms with E-state index in [4.69, 9.17) is 0 Å². The third-order valence-corrected chi connectivity index (χ3v) is 7.07. The van der Waals surface area contributed by atoms with E-state index in [1.54, 1.807) is 0 Å². The monoisotopic (exact) mass is 446 g/mol. The quantitative estimate of drug-likeness (QED) is 0.0791. The second-order valence-electron chi connectivity index (χ2n) is 10.3. The summed E-state index contributed by atoms with van der Waals surface area (Å²) in [6, 6.07) is 0. The van der Waals surface area contributed by atoms with Crippen molar-refractivity contribution in [2.75, 3.05) is 0 Å². The second-order valence-corrected chi connectivity index (χ2v) is 10.3. The molecule has 0 fully saturated rings. The fourth-order valence-corrected chi connectivity index (χ4v) is 4.82. The summed E-state index contributed by atoms with van der Waals surface area (Å²) >= 11 is 0. The Morgan fingerprint density at radius 1 is 0.219 bits per heavy atom. The van der Waals surface area contributed by atoms with Crippen LogP contribution in [0.3, 0.4) is 0 Å². The summed E-state index contributed by atoms with van der Waals surface area (Å²) in [4.78, 5) is 0. The molecule has 0 bridgehead atoms. The summed E-state index contributed by atoms with van der Waals surface area (Å²) in [7, 11) is 0. The summed E-state index contributed by atoms with van der Waals surface area (Å²) in [6.07, 6.45) is 44.4. The van der Waals surface area contributed by atoms with E-state index >= 15 is 0 Å². The summed E-state index contributed by atoms with van der Waals surface area (Å²) in [5.74, 6) is 0. The molecule has 0 saturated carbocycles. The predicted molar refractivity (Wildman–Crippen MR) is 150 cm³/mol. The van der Waals surface area contributed by atoms with Gasteiger partial charge in [-0.1, -0.05) is 166 Å². The SMILES string of the molecule is C=CCCCCCCCCCCCCCCCCCCCCCCCCCCCCC=C. The summed E-state index contributed by atoms with van der Waals surface area (Å²) in [5, 5.41) is 0. The molecule has 0 radical (unpaired) electrons. The van der Waals surface area contributed by atoms with Gasteiger partial charge in [0.1, 0.15) is 0 Å². The first-order valence-corrected chi connectivity index (χ1v) is 15.1. The van der Waals surface area contributed by atoms with Crippen LogP contribution >= 0.6 is 0 Å². The van der Waals surface area contributed by atoms with E-state index in [1.165, 1.54) is 180 Å². The van der Waals surface area contributed by atoms with Gasteiger partial charge in [0, 0.05) is 0 Å². The van der Waals surface area contributed by atoms with Crippen LogP contribution in [-0.2, 0) is 0 Å². The van der Waals surface area contributed by atoms with Crippen molar-refractivity contribution in [1.82, 2.24) is 0 Å². The van der Waals surface area contributed by atoms with E-state index in [1.807, 2.05) is 0 Å². The Balaban J connectivity index is 2.99. The van der Waals surface area contributed by atoms with Gasteiger partial charge in [-0.15, -0.1) is 13.2 Å². The highest BCUT2D eigenvalue weighted by Gasteiger charge is 1.96. The minimum atomic E-state index is 1.21. The highest BCUT2D eigenvalue weighted by Crippen LogP contribution is 2.16. The van der Waals surface area contributed by atoms with Crippen LogP contribution in [0.2, 0.25) is 0 Å². The van der Waals surface area contributed by atoms with Crippen molar-refractivity contribution in [1.29, 1.82) is 0 Å². The van der Waals surface area contributed by atoms with Crippen molar-refractivity contribution >= 4 is 0 Å². The number of hydrogen-bond donors (Lipinski definition) is 0. The van der Waals surface area contributed by atoms with Gasteiger partial charge in [-0.05, 0) is 25.7 Å². The Labute approximate surface area is 205 Å². The van der Waals surface area contributed by atoms with Crippen molar-refractivity contribution < 1.29 is 0 Å². The summed E-state index contributed by atoms with van der Waals surface area (Å²) < 4.78 is 0. The third-order valence-electron chi connectivity index (χ3n) is 7.07. The molecule has 0 saturated heterocycles.